The van der Waals surface area contributed by atoms with Crippen LogP contribution in [0.3, 0.4) is 0 Å². The summed E-state index contributed by atoms with van der Waals surface area (Å²) >= 11 is 0. The number of hydrogen-bond acceptors (Lipinski definition) is 3. The number of ketones is 1. The van der Waals surface area contributed by atoms with Gasteiger partial charge in [-0.3, -0.25) is 4.79 Å². The summed E-state index contributed by atoms with van der Waals surface area (Å²) in [5.74, 6) is -4.73. The highest BCUT2D eigenvalue weighted by Gasteiger charge is 2.36. The lowest BCUT2D eigenvalue weighted by Gasteiger charge is -2.20. The van der Waals surface area contributed by atoms with Gasteiger partial charge in [-0.15, -0.1) is 0 Å². The third kappa shape index (κ3) is 4.40. The molecule has 9 heteroatoms. The van der Waals surface area contributed by atoms with Crippen molar-refractivity contribution in [1.82, 2.24) is 0 Å². The standard InChI is InChI=1S/C19H16F6O3/c1-9(11-3-5-15(26)13(7-11)18(20,21)22)17(28)10(2)12-4-6-16(27)14(8-12)19(23,24)25/h3-10,26-27H,1-2H3. The van der Waals surface area contributed by atoms with Crippen molar-refractivity contribution in [2.45, 2.75) is 38.0 Å². The topological polar surface area (TPSA) is 57.5 Å². The Hall–Kier alpha value is -2.71. The predicted octanol–water partition coefficient (Wildman–Crippen LogP) is 5.61. The van der Waals surface area contributed by atoms with E-state index in [-0.39, 0.29) is 11.1 Å². The van der Waals surface area contributed by atoms with E-state index in [0.29, 0.717) is 12.1 Å². The van der Waals surface area contributed by atoms with E-state index in [9.17, 15) is 41.4 Å². The van der Waals surface area contributed by atoms with Gasteiger partial charge in [-0.2, -0.15) is 26.3 Å². The number of halogens is 6. The SMILES string of the molecule is CC(C(=O)C(C)c1ccc(O)c(C(F)(F)F)c1)c1ccc(O)c(C(F)(F)F)c1. The van der Waals surface area contributed by atoms with Crippen LogP contribution < -0.4 is 0 Å². The van der Waals surface area contributed by atoms with E-state index in [1.165, 1.54) is 13.8 Å². The quantitative estimate of drug-likeness (QED) is 0.649. The van der Waals surface area contributed by atoms with Crippen molar-refractivity contribution in [3.05, 3.63) is 58.7 Å². The molecule has 2 rings (SSSR count). The van der Waals surface area contributed by atoms with Gasteiger partial charge in [-0.25, -0.2) is 0 Å². The summed E-state index contributed by atoms with van der Waals surface area (Å²) < 4.78 is 77.6. The lowest BCUT2D eigenvalue weighted by molar-refractivity contribution is -0.139. The molecule has 0 aromatic heterocycles. The molecular formula is C19H16F6O3. The van der Waals surface area contributed by atoms with Gasteiger partial charge in [0, 0.05) is 11.8 Å². The Balaban J connectivity index is 2.36. The molecule has 0 fully saturated rings. The van der Waals surface area contributed by atoms with Gasteiger partial charge >= 0.3 is 12.4 Å². The summed E-state index contributed by atoms with van der Waals surface area (Å²) in [6.07, 6.45) is -9.65. The summed E-state index contributed by atoms with van der Waals surface area (Å²) in [6, 6.07) is 5.21. The van der Waals surface area contributed by atoms with Crippen LogP contribution in [0.15, 0.2) is 36.4 Å². The molecule has 0 heterocycles. The van der Waals surface area contributed by atoms with Crippen molar-refractivity contribution in [3.63, 3.8) is 0 Å². The fourth-order valence-corrected chi connectivity index (χ4v) is 2.80. The summed E-state index contributed by atoms with van der Waals surface area (Å²) in [4.78, 5) is 12.6. The van der Waals surface area contributed by atoms with Gasteiger partial charge in [0.1, 0.15) is 17.3 Å². The molecule has 2 unspecified atom stereocenters. The molecule has 2 aromatic carbocycles. The predicted molar refractivity (Wildman–Crippen MR) is 88.1 cm³/mol. The lowest BCUT2D eigenvalue weighted by Crippen LogP contribution is -2.18. The maximum absolute atomic E-state index is 12.9. The number of carbonyl (C=O) groups excluding carboxylic acids is 1. The van der Waals surface area contributed by atoms with E-state index in [0.717, 1.165) is 24.3 Å². The molecule has 0 amide bonds. The normalized spacial score (nSPS) is 14.6. The van der Waals surface area contributed by atoms with E-state index in [1.807, 2.05) is 0 Å². The number of aromatic hydroxyl groups is 2. The fourth-order valence-electron chi connectivity index (χ4n) is 2.80. The molecule has 152 valence electrons. The molecule has 0 aliphatic rings. The van der Waals surface area contributed by atoms with Gasteiger partial charge in [0.05, 0.1) is 11.1 Å². The lowest BCUT2D eigenvalue weighted by atomic mass is 9.84. The Kier molecular flexibility index (Phi) is 5.68. The van der Waals surface area contributed by atoms with Gasteiger partial charge in [0.25, 0.3) is 0 Å². The number of Topliss-reactive ketones (excluding diaryl/α,β-unsaturated/α-hetero) is 1. The Morgan fingerprint density at radius 2 is 1.07 bits per heavy atom. The number of alkyl halides is 6. The first kappa shape index (κ1) is 21.6. The minimum Gasteiger partial charge on any atom is -0.507 e. The van der Waals surface area contributed by atoms with E-state index < -0.39 is 52.6 Å². The van der Waals surface area contributed by atoms with Crippen molar-refractivity contribution in [3.8, 4) is 11.5 Å². The second-order valence-corrected chi connectivity index (χ2v) is 6.39. The van der Waals surface area contributed by atoms with Gasteiger partial charge in [-0.1, -0.05) is 26.0 Å². The summed E-state index contributed by atoms with van der Waals surface area (Å²) in [5.41, 5.74) is -2.67. The second kappa shape index (κ2) is 7.37. The molecule has 0 aliphatic heterocycles. The fraction of sp³-hybridized carbons (Fsp3) is 0.316. The van der Waals surface area contributed by atoms with E-state index >= 15 is 0 Å². The highest BCUT2D eigenvalue weighted by atomic mass is 19.4. The molecule has 0 saturated heterocycles. The smallest absolute Gasteiger partial charge is 0.419 e. The Bertz CT molecular complexity index is 815. The van der Waals surface area contributed by atoms with Gasteiger partial charge in [0.2, 0.25) is 0 Å². The number of phenolic OH excluding ortho intramolecular Hbond substituents is 2. The molecule has 0 aliphatic carbocycles. The van der Waals surface area contributed by atoms with Crippen LogP contribution in [0.2, 0.25) is 0 Å². The number of benzene rings is 2. The monoisotopic (exact) mass is 406 g/mol. The van der Waals surface area contributed by atoms with Crippen molar-refractivity contribution in [2.75, 3.05) is 0 Å². The van der Waals surface area contributed by atoms with Crippen LogP contribution in [0.5, 0.6) is 11.5 Å². The second-order valence-electron chi connectivity index (χ2n) is 6.39. The Morgan fingerprint density at radius 3 is 1.36 bits per heavy atom. The first-order valence-corrected chi connectivity index (χ1v) is 8.07. The highest BCUT2D eigenvalue weighted by Crippen LogP contribution is 2.40. The van der Waals surface area contributed by atoms with Crippen molar-refractivity contribution < 1.29 is 41.4 Å². The Morgan fingerprint density at radius 1 is 0.750 bits per heavy atom. The number of carbonyl (C=O) groups is 1. The molecular weight excluding hydrogens is 390 g/mol. The zero-order chi connectivity index (χ0) is 21.4. The molecule has 28 heavy (non-hydrogen) atoms. The van der Waals surface area contributed by atoms with Crippen LogP contribution in [-0.4, -0.2) is 16.0 Å². The van der Waals surface area contributed by atoms with Crippen LogP contribution in [0, 0.1) is 0 Å². The largest absolute Gasteiger partial charge is 0.507 e. The molecule has 2 N–H and O–H groups in total. The summed E-state index contributed by atoms with van der Waals surface area (Å²) in [5, 5.41) is 18.8. The average Bonchev–Trinajstić information content (AvgIpc) is 2.58. The molecule has 3 nitrogen and oxygen atoms in total. The first-order chi connectivity index (χ1) is 12.7. The van der Waals surface area contributed by atoms with E-state index in [2.05, 4.69) is 0 Å². The molecule has 0 saturated carbocycles. The third-order valence-corrected chi connectivity index (χ3v) is 4.51. The van der Waals surface area contributed by atoms with Crippen LogP contribution >= 0.6 is 0 Å². The van der Waals surface area contributed by atoms with Gasteiger partial charge < -0.3 is 10.2 Å². The minimum atomic E-state index is -4.83. The van der Waals surface area contributed by atoms with Crippen LogP contribution in [-0.2, 0) is 17.1 Å². The Labute approximate surface area is 156 Å². The first-order valence-electron chi connectivity index (χ1n) is 8.07. The molecule has 0 radical (unpaired) electrons. The van der Waals surface area contributed by atoms with Crippen molar-refractivity contribution in [1.29, 1.82) is 0 Å². The highest BCUT2D eigenvalue weighted by molar-refractivity contribution is 5.91. The third-order valence-electron chi connectivity index (χ3n) is 4.51. The van der Waals surface area contributed by atoms with Crippen molar-refractivity contribution >= 4 is 5.78 Å². The zero-order valence-corrected chi connectivity index (χ0v) is 14.7. The maximum Gasteiger partial charge on any atom is 0.419 e. The van der Waals surface area contributed by atoms with Gasteiger partial charge in [0.15, 0.2) is 0 Å². The summed E-state index contributed by atoms with van der Waals surface area (Å²) in [7, 11) is 0. The van der Waals surface area contributed by atoms with Crippen LogP contribution in [0.1, 0.15) is 47.9 Å². The molecule has 2 aromatic rings. The van der Waals surface area contributed by atoms with Gasteiger partial charge in [-0.05, 0) is 35.4 Å². The average molecular weight is 406 g/mol. The molecule has 2 atom stereocenters. The maximum atomic E-state index is 12.9. The van der Waals surface area contributed by atoms with E-state index in [1.54, 1.807) is 0 Å². The zero-order valence-electron chi connectivity index (χ0n) is 14.7. The minimum absolute atomic E-state index is 0.0307. The summed E-state index contributed by atoms with van der Waals surface area (Å²) in [6.45, 7) is 2.66. The molecule has 0 spiro atoms. The van der Waals surface area contributed by atoms with Crippen LogP contribution in [0.25, 0.3) is 0 Å². The molecule has 0 bridgehead atoms. The van der Waals surface area contributed by atoms with Crippen LogP contribution in [0.4, 0.5) is 26.3 Å². The van der Waals surface area contributed by atoms with E-state index in [4.69, 9.17) is 0 Å². The number of hydrogen-bond donors (Lipinski definition) is 2. The van der Waals surface area contributed by atoms with Crippen molar-refractivity contribution in [2.24, 2.45) is 0 Å². The number of phenols is 2. The number of rotatable bonds is 4.